The number of hydrogen-bond donors (Lipinski definition) is 2. The molecule has 4 heteroatoms. The van der Waals surface area contributed by atoms with Crippen molar-refractivity contribution in [3.8, 4) is 0 Å². The lowest BCUT2D eigenvalue weighted by atomic mass is 10.1. The summed E-state index contributed by atoms with van der Waals surface area (Å²) in [4.78, 5) is 12.3. The Bertz CT molecular complexity index is 831. The van der Waals surface area contributed by atoms with E-state index < -0.39 is 0 Å². The van der Waals surface area contributed by atoms with Crippen molar-refractivity contribution in [2.45, 2.75) is 0 Å². The number of rotatable bonds is 6. The second-order valence-electron chi connectivity index (χ2n) is 5.45. The summed E-state index contributed by atoms with van der Waals surface area (Å²) >= 11 is 0. The van der Waals surface area contributed by atoms with Gasteiger partial charge in [0.15, 0.2) is 0 Å². The Labute approximate surface area is 147 Å². The van der Waals surface area contributed by atoms with Crippen molar-refractivity contribution < 1.29 is 4.79 Å². The molecule has 0 aliphatic carbocycles. The van der Waals surface area contributed by atoms with E-state index >= 15 is 0 Å². The highest BCUT2D eigenvalue weighted by Gasteiger charge is 2.08. The molecule has 0 heterocycles. The van der Waals surface area contributed by atoms with E-state index in [2.05, 4.69) is 15.8 Å². The summed E-state index contributed by atoms with van der Waals surface area (Å²) in [6.45, 7) is 0.331. The van der Waals surface area contributed by atoms with Crippen LogP contribution < -0.4 is 10.7 Å². The molecule has 0 bridgehead atoms. The van der Waals surface area contributed by atoms with Crippen molar-refractivity contribution in [2.24, 2.45) is 5.10 Å². The summed E-state index contributed by atoms with van der Waals surface area (Å²) in [5.74, 6) is -0.121. The van der Waals surface area contributed by atoms with Crippen molar-refractivity contribution in [3.05, 3.63) is 102 Å². The van der Waals surface area contributed by atoms with Gasteiger partial charge in [-0.15, -0.1) is 0 Å². The average molecular weight is 329 g/mol. The molecule has 0 spiro atoms. The molecule has 0 fully saturated rings. The molecule has 1 amide bonds. The summed E-state index contributed by atoms with van der Waals surface area (Å²) in [7, 11) is 0. The van der Waals surface area contributed by atoms with Crippen molar-refractivity contribution >= 4 is 17.3 Å². The van der Waals surface area contributed by atoms with Gasteiger partial charge in [0.25, 0.3) is 5.91 Å². The standard InChI is InChI=1S/C21H19N3O/c25-21(18-12-6-2-7-13-18)22-16-20(17-10-4-1-5-11-17)24-23-19-14-8-3-9-15-19/h1-15,23H,16H2,(H,22,25). The first kappa shape index (κ1) is 16.5. The van der Waals surface area contributed by atoms with E-state index in [0.29, 0.717) is 12.1 Å². The molecule has 4 nitrogen and oxygen atoms in total. The normalized spacial score (nSPS) is 11.0. The first-order valence-corrected chi connectivity index (χ1v) is 8.09. The molecule has 3 aromatic carbocycles. The predicted octanol–water partition coefficient (Wildman–Crippen LogP) is 3.93. The molecule has 2 N–H and O–H groups in total. The second-order valence-corrected chi connectivity index (χ2v) is 5.45. The molecule has 0 atom stereocenters. The summed E-state index contributed by atoms with van der Waals surface area (Å²) in [5, 5.41) is 7.41. The minimum absolute atomic E-state index is 0.121. The third-order valence-electron chi connectivity index (χ3n) is 3.65. The van der Waals surface area contributed by atoms with Gasteiger partial charge in [0.2, 0.25) is 0 Å². The molecule has 0 aliphatic rings. The van der Waals surface area contributed by atoms with E-state index in [-0.39, 0.29) is 5.91 Å². The lowest BCUT2D eigenvalue weighted by Crippen LogP contribution is -2.30. The summed E-state index contributed by atoms with van der Waals surface area (Å²) < 4.78 is 0. The Hall–Kier alpha value is -3.40. The zero-order chi connectivity index (χ0) is 17.3. The molecule has 0 radical (unpaired) electrons. The van der Waals surface area contributed by atoms with Gasteiger partial charge >= 0.3 is 0 Å². The van der Waals surface area contributed by atoms with Gasteiger partial charge in [-0.25, -0.2) is 0 Å². The quantitative estimate of drug-likeness (QED) is 0.532. The number of hydrogen-bond acceptors (Lipinski definition) is 3. The molecular formula is C21H19N3O. The summed E-state index contributed by atoms with van der Waals surface area (Å²) in [6, 6.07) is 28.7. The van der Waals surface area contributed by atoms with E-state index in [1.54, 1.807) is 12.1 Å². The molecule has 0 saturated carbocycles. The number of amides is 1. The molecule has 3 rings (SSSR count). The molecule has 25 heavy (non-hydrogen) atoms. The SMILES string of the molecule is O=C(NCC(=NNc1ccccc1)c1ccccc1)c1ccccc1. The van der Waals surface area contributed by atoms with Crippen LogP contribution in [0, 0.1) is 0 Å². The van der Waals surface area contributed by atoms with Crippen LogP contribution in [0.15, 0.2) is 96.1 Å². The molecule has 0 unspecified atom stereocenters. The number of benzene rings is 3. The monoisotopic (exact) mass is 329 g/mol. The lowest BCUT2D eigenvalue weighted by Gasteiger charge is -2.10. The van der Waals surface area contributed by atoms with Crippen molar-refractivity contribution in [2.75, 3.05) is 12.0 Å². The highest BCUT2D eigenvalue weighted by atomic mass is 16.1. The fourth-order valence-corrected chi connectivity index (χ4v) is 2.34. The number of nitrogens with one attached hydrogen (secondary N) is 2. The smallest absolute Gasteiger partial charge is 0.251 e. The van der Waals surface area contributed by atoms with Crippen molar-refractivity contribution in [3.63, 3.8) is 0 Å². The zero-order valence-corrected chi connectivity index (χ0v) is 13.7. The van der Waals surface area contributed by atoms with Crippen LogP contribution in [0.3, 0.4) is 0 Å². The predicted molar refractivity (Wildman–Crippen MR) is 102 cm³/mol. The number of hydrazone groups is 1. The molecule has 0 aliphatic heterocycles. The highest BCUT2D eigenvalue weighted by Crippen LogP contribution is 2.07. The van der Waals surface area contributed by atoms with Crippen LogP contribution in [0.25, 0.3) is 0 Å². The third-order valence-corrected chi connectivity index (χ3v) is 3.65. The van der Waals surface area contributed by atoms with E-state index in [9.17, 15) is 4.79 Å². The average Bonchev–Trinajstić information content (AvgIpc) is 2.70. The van der Waals surface area contributed by atoms with E-state index in [0.717, 1.165) is 17.0 Å². The van der Waals surface area contributed by atoms with Crippen LogP contribution in [0.2, 0.25) is 0 Å². The van der Waals surface area contributed by atoms with Crippen LogP contribution in [0.1, 0.15) is 15.9 Å². The van der Waals surface area contributed by atoms with Gasteiger partial charge in [-0.3, -0.25) is 10.2 Å². The lowest BCUT2D eigenvalue weighted by molar-refractivity contribution is 0.0959. The zero-order valence-electron chi connectivity index (χ0n) is 13.7. The van der Waals surface area contributed by atoms with Crippen LogP contribution >= 0.6 is 0 Å². The Morgan fingerprint density at radius 3 is 1.84 bits per heavy atom. The second kappa shape index (κ2) is 8.45. The van der Waals surface area contributed by atoms with Gasteiger partial charge in [0.05, 0.1) is 17.9 Å². The molecular weight excluding hydrogens is 310 g/mol. The fourth-order valence-electron chi connectivity index (χ4n) is 2.34. The van der Waals surface area contributed by atoms with Crippen LogP contribution in [-0.2, 0) is 0 Å². The first-order valence-electron chi connectivity index (χ1n) is 8.09. The minimum Gasteiger partial charge on any atom is -0.346 e. The number of nitrogens with zero attached hydrogens (tertiary/aromatic N) is 1. The van der Waals surface area contributed by atoms with Gasteiger partial charge in [0, 0.05) is 5.56 Å². The first-order chi connectivity index (χ1) is 12.3. The maximum atomic E-state index is 12.3. The molecule has 0 aromatic heterocycles. The largest absolute Gasteiger partial charge is 0.346 e. The summed E-state index contributed by atoms with van der Waals surface area (Å²) in [6.07, 6.45) is 0. The Balaban J connectivity index is 1.74. The topological polar surface area (TPSA) is 53.5 Å². The van der Waals surface area contributed by atoms with Crippen molar-refractivity contribution in [1.29, 1.82) is 0 Å². The molecule has 3 aromatic rings. The number of para-hydroxylation sites is 1. The Morgan fingerprint density at radius 1 is 0.720 bits per heavy atom. The number of anilines is 1. The molecule has 124 valence electrons. The Morgan fingerprint density at radius 2 is 1.24 bits per heavy atom. The van der Waals surface area contributed by atoms with Crippen LogP contribution in [0.5, 0.6) is 0 Å². The van der Waals surface area contributed by atoms with Gasteiger partial charge in [-0.05, 0) is 29.8 Å². The van der Waals surface area contributed by atoms with Crippen LogP contribution in [-0.4, -0.2) is 18.2 Å². The van der Waals surface area contributed by atoms with Gasteiger partial charge in [-0.2, -0.15) is 5.10 Å². The van der Waals surface area contributed by atoms with E-state index in [1.807, 2.05) is 78.9 Å². The highest BCUT2D eigenvalue weighted by molar-refractivity contribution is 6.05. The fraction of sp³-hybridized carbons (Fsp3) is 0.0476. The van der Waals surface area contributed by atoms with E-state index in [4.69, 9.17) is 0 Å². The van der Waals surface area contributed by atoms with E-state index in [1.165, 1.54) is 0 Å². The minimum atomic E-state index is -0.121. The Kier molecular flexibility index (Phi) is 5.56. The van der Waals surface area contributed by atoms with Crippen molar-refractivity contribution in [1.82, 2.24) is 5.32 Å². The van der Waals surface area contributed by atoms with Crippen LogP contribution in [0.4, 0.5) is 5.69 Å². The van der Waals surface area contributed by atoms with Gasteiger partial charge in [-0.1, -0.05) is 66.7 Å². The number of carbonyl (C=O) groups is 1. The van der Waals surface area contributed by atoms with Gasteiger partial charge < -0.3 is 5.32 Å². The van der Waals surface area contributed by atoms with Gasteiger partial charge in [0.1, 0.15) is 0 Å². The maximum absolute atomic E-state index is 12.3. The molecule has 0 saturated heterocycles. The third kappa shape index (κ3) is 4.78. The summed E-state index contributed by atoms with van der Waals surface area (Å²) in [5.41, 5.74) is 6.28. The number of carbonyl (C=O) groups excluding carboxylic acids is 1. The maximum Gasteiger partial charge on any atom is 0.251 e.